The summed E-state index contributed by atoms with van der Waals surface area (Å²) in [7, 11) is 0. The van der Waals surface area contributed by atoms with Gasteiger partial charge in [-0.25, -0.2) is 0 Å². The van der Waals surface area contributed by atoms with Gasteiger partial charge in [-0.3, -0.25) is 14.9 Å². The number of nitrogens with one attached hydrogen (secondary N) is 3. The molecule has 3 rings (SSSR count). The van der Waals surface area contributed by atoms with Crippen LogP contribution >= 0.6 is 0 Å². The maximum Gasteiger partial charge on any atom is 0.251 e. The summed E-state index contributed by atoms with van der Waals surface area (Å²) in [4.78, 5) is 24.9. The standard InChI is InChI=1S/C24H34N4O3/c1-2-13-25-23(30)19-11-9-18(10-12-19)22-21-8-7-15-28(21)17-20(27-22)24(31)26-14-5-3-4-6-16-29/h7-12,15,20,22,27,29H,2-6,13-14,16-17H2,1H3,(H,25,30)(H,26,31). The predicted molar refractivity (Wildman–Crippen MR) is 121 cm³/mol. The van der Waals surface area contributed by atoms with Crippen molar-refractivity contribution in [3.8, 4) is 0 Å². The van der Waals surface area contributed by atoms with Crippen LogP contribution in [-0.2, 0) is 11.3 Å². The first kappa shape index (κ1) is 23.0. The fraction of sp³-hybridized carbons (Fsp3) is 0.500. The van der Waals surface area contributed by atoms with Gasteiger partial charge in [-0.2, -0.15) is 0 Å². The molecule has 31 heavy (non-hydrogen) atoms. The number of aromatic nitrogens is 1. The van der Waals surface area contributed by atoms with E-state index in [1.54, 1.807) is 0 Å². The minimum atomic E-state index is -0.324. The highest BCUT2D eigenvalue weighted by molar-refractivity contribution is 5.94. The highest BCUT2D eigenvalue weighted by atomic mass is 16.3. The van der Waals surface area contributed by atoms with Crippen LogP contribution in [0.2, 0.25) is 0 Å². The van der Waals surface area contributed by atoms with E-state index in [1.807, 2.05) is 43.5 Å². The Morgan fingerprint density at radius 2 is 1.84 bits per heavy atom. The van der Waals surface area contributed by atoms with Crippen molar-refractivity contribution in [3.63, 3.8) is 0 Å². The van der Waals surface area contributed by atoms with Crippen molar-refractivity contribution in [2.45, 2.75) is 57.7 Å². The van der Waals surface area contributed by atoms with Crippen molar-refractivity contribution in [1.82, 2.24) is 20.5 Å². The van der Waals surface area contributed by atoms with Crippen LogP contribution in [0.4, 0.5) is 0 Å². The Labute approximate surface area is 184 Å². The molecule has 0 saturated heterocycles. The number of rotatable bonds is 11. The number of nitrogens with zero attached hydrogens (tertiary/aromatic N) is 1. The predicted octanol–water partition coefficient (Wildman–Crippen LogP) is 2.36. The normalized spacial score (nSPS) is 17.7. The zero-order chi connectivity index (χ0) is 22.1. The van der Waals surface area contributed by atoms with Crippen LogP contribution in [0, 0.1) is 0 Å². The molecule has 1 aliphatic heterocycles. The molecule has 0 aliphatic carbocycles. The van der Waals surface area contributed by atoms with Gasteiger partial charge >= 0.3 is 0 Å². The van der Waals surface area contributed by atoms with Gasteiger partial charge < -0.3 is 20.3 Å². The first-order chi connectivity index (χ1) is 15.1. The number of aliphatic hydroxyl groups excluding tert-OH is 1. The second kappa shape index (κ2) is 11.7. The Morgan fingerprint density at radius 1 is 1.06 bits per heavy atom. The number of aliphatic hydroxyl groups is 1. The van der Waals surface area contributed by atoms with E-state index in [0.717, 1.165) is 43.4 Å². The number of carbonyl (C=O) groups is 2. The molecule has 0 spiro atoms. The number of carbonyl (C=O) groups excluding carboxylic acids is 2. The molecule has 4 N–H and O–H groups in total. The molecular formula is C24H34N4O3. The first-order valence-electron chi connectivity index (χ1n) is 11.3. The van der Waals surface area contributed by atoms with Crippen LogP contribution in [0.1, 0.15) is 66.7 Å². The van der Waals surface area contributed by atoms with E-state index in [9.17, 15) is 9.59 Å². The average molecular weight is 427 g/mol. The Bertz CT molecular complexity index is 847. The second-order valence-electron chi connectivity index (χ2n) is 8.04. The highest BCUT2D eigenvalue weighted by Crippen LogP contribution is 2.27. The van der Waals surface area contributed by atoms with E-state index in [2.05, 4.69) is 26.6 Å². The summed E-state index contributed by atoms with van der Waals surface area (Å²) in [6, 6.07) is 11.2. The van der Waals surface area contributed by atoms with Crippen molar-refractivity contribution < 1.29 is 14.7 Å². The number of benzene rings is 1. The SMILES string of the molecule is CCCNC(=O)c1ccc(C2NC(C(=O)NCCCCCCO)Cn3cccc32)cc1. The van der Waals surface area contributed by atoms with Crippen molar-refractivity contribution in [2.24, 2.45) is 0 Å². The average Bonchev–Trinajstić information content (AvgIpc) is 3.28. The third-order valence-corrected chi connectivity index (χ3v) is 5.65. The molecule has 0 fully saturated rings. The van der Waals surface area contributed by atoms with Crippen molar-refractivity contribution in [2.75, 3.05) is 19.7 Å². The van der Waals surface area contributed by atoms with Crippen LogP contribution in [0.15, 0.2) is 42.6 Å². The molecule has 1 aromatic carbocycles. The van der Waals surface area contributed by atoms with Gasteiger partial charge in [0.1, 0.15) is 6.04 Å². The minimum absolute atomic E-state index is 0.00192. The third kappa shape index (κ3) is 6.18. The zero-order valence-electron chi connectivity index (χ0n) is 18.3. The van der Waals surface area contributed by atoms with Gasteiger partial charge in [0, 0.05) is 43.7 Å². The molecule has 2 atom stereocenters. The maximum absolute atomic E-state index is 12.8. The highest BCUT2D eigenvalue weighted by Gasteiger charge is 2.31. The van der Waals surface area contributed by atoms with E-state index in [1.165, 1.54) is 0 Å². The molecule has 7 nitrogen and oxygen atoms in total. The summed E-state index contributed by atoms with van der Waals surface area (Å²) >= 11 is 0. The molecule has 2 heterocycles. The van der Waals surface area contributed by atoms with Crippen molar-refractivity contribution in [1.29, 1.82) is 0 Å². The number of hydrogen-bond donors (Lipinski definition) is 4. The lowest BCUT2D eigenvalue weighted by Gasteiger charge is -2.32. The molecular weight excluding hydrogens is 392 g/mol. The molecule has 2 amide bonds. The quantitative estimate of drug-likeness (QED) is 0.415. The first-order valence-corrected chi connectivity index (χ1v) is 11.3. The summed E-state index contributed by atoms with van der Waals surface area (Å²) < 4.78 is 2.12. The maximum atomic E-state index is 12.8. The van der Waals surface area contributed by atoms with Gasteiger partial charge in [-0.05, 0) is 49.1 Å². The molecule has 0 saturated carbocycles. The van der Waals surface area contributed by atoms with Crippen molar-refractivity contribution in [3.05, 3.63) is 59.4 Å². The summed E-state index contributed by atoms with van der Waals surface area (Å²) in [6.07, 6.45) is 6.62. The van der Waals surface area contributed by atoms with Crippen LogP contribution in [-0.4, -0.2) is 47.2 Å². The Hall–Kier alpha value is -2.64. The lowest BCUT2D eigenvalue weighted by atomic mass is 9.98. The van der Waals surface area contributed by atoms with E-state index >= 15 is 0 Å². The molecule has 2 aromatic rings. The topological polar surface area (TPSA) is 95.4 Å². The Balaban J connectivity index is 1.63. The summed E-state index contributed by atoms with van der Waals surface area (Å²) in [5.41, 5.74) is 2.77. The molecule has 1 aliphatic rings. The fourth-order valence-electron chi connectivity index (χ4n) is 3.91. The second-order valence-corrected chi connectivity index (χ2v) is 8.04. The van der Waals surface area contributed by atoms with Gasteiger partial charge in [0.2, 0.25) is 5.91 Å². The van der Waals surface area contributed by atoms with E-state index in [4.69, 9.17) is 5.11 Å². The Morgan fingerprint density at radius 3 is 2.58 bits per heavy atom. The van der Waals surface area contributed by atoms with E-state index in [-0.39, 0.29) is 30.5 Å². The fourth-order valence-corrected chi connectivity index (χ4v) is 3.91. The minimum Gasteiger partial charge on any atom is -0.396 e. The van der Waals surface area contributed by atoms with Crippen LogP contribution in [0.3, 0.4) is 0 Å². The number of fused-ring (bicyclic) bond motifs is 1. The zero-order valence-corrected chi connectivity index (χ0v) is 18.3. The molecule has 0 radical (unpaired) electrons. The van der Waals surface area contributed by atoms with Gasteiger partial charge in [0.25, 0.3) is 5.91 Å². The lowest BCUT2D eigenvalue weighted by molar-refractivity contribution is -0.123. The van der Waals surface area contributed by atoms with Crippen LogP contribution in [0.5, 0.6) is 0 Å². The van der Waals surface area contributed by atoms with Gasteiger partial charge in [-0.15, -0.1) is 0 Å². The molecule has 168 valence electrons. The van der Waals surface area contributed by atoms with Crippen LogP contribution in [0.25, 0.3) is 0 Å². The van der Waals surface area contributed by atoms with Gasteiger partial charge in [0.15, 0.2) is 0 Å². The molecule has 7 heteroatoms. The summed E-state index contributed by atoms with van der Waals surface area (Å²) in [5, 5.41) is 18.3. The van der Waals surface area contributed by atoms with E-state index in [0.29, 0.717) is 25.2 Å². The number of hydrogen-bond acceptors (Lipinski definition) is 4. The number of amides is 2. The Kier molecular flexibility index (Phi) is 8.67. The van der Waals surface area contributed by atoms with Crippen LogP contribution < -0.4 is 16.0 Å². The third-order valence-electron chi connectivity index (χ3n) is 5.65. The van der Waals surface area contributed by atoms with E-state index < -0.39 is 0 Å². The molecule has 1 aromatic heterocycles. The van der Waals surface area contributed by atoms with Crippen molar-refractivity contribution >= 4 is 11.8 Å². The summed E-state index contributed by atoms with van der Waals surface area (Å²) in [5.74, 6) is -0.0632. The van der Waals surface area contributed by atoms with Gasteiger partial charge in [0.05, 0.1) is 6.04 Å². The monoisotopic (exact) mass is 426 g/mol. The lowest BCUT2D eigenvalue weighted by Crippen LogP contribution is -2.51. The molecule has 0 bridgehead atoms. The molecule has 2 unspecified atom stereocenters. The van der Waals surface area contributed by atoms with Gasteiger partial charge in [-0.1, -0.05) is 31.9 Å². The summed E-state index contributed by atoms with van der Waals surface area (Å²) in [6.45, 7) is 4.15. The largest absolute Gasteiger partial charge is 0.396 e. The number of unbranched alkanes of at least 4 members (excludes halogenated alkanes) is 3. The smallest absolute Gasteiger partial charge is 0.251 e.